The van der Waals surface area contributed by atoms with Crippen LogP contribution >= 0.6 is 35.3 Å². The molecule has 2 rings (SSSR count). The standard InChI is InChI=1S/C16H27N7OS.HI/c1-5-13-9-18-15(25-13)11-20-16(17-7-6-8-24-4)19-10-14-22-21-12(2)23(14)3;/h9H,5-8,10-11H2,1-4H3,(H2,17,19,20);1H. The fraction of sp³-hybridized carbons (Fsp3) is 0.625. The summed E-state index contributed by atoms with van der Waals surface area (Å²) in [4.78, 5) is 10.3. The fourth-order valence-electron chi connectivity index (χ4n) is 2.09. The van der Waals surface area contributed by atoms with Gasteiger partial charge in [-0.1, -0.05) is 6.92 Å². The van der Waals surface area contributed by atoms with Crippen molar-refractivity contribution in [2.45, 2.75) is 39.8 Å². The number of hydrogen-bond acceptors (Lipinski definition) is 6. The normalized spacial score (nSPS) is 11.3. The monoisotopic (exact) mass is 493 g/mol. The van der Waals surface area contributed by atoms with Gasteiger partial charge in [-0.15, -0.1) is 45.5 Å². The smallest absolute Gasteiger partial charge is 0.192 e. The highest BCUT2D eigenvalue weighted by Gasteiger charge is 2.06. The Kier molecular flexibility index (Phi) is 10.7. The van der Waals surface area contributed by atoms with Crippen LogP contribution in [0.15, 0.2) is 11.2 Å². The molecule has 0 unspecified atom stereocenters. The topological polar surface area (TPSA) is 89.3 Å². The average Bonchev–Trinajstić information content (AvgIpc) is 3.21. The van der Waals surface area contributed by atoms with Crippen molar-refractivity contribution in [1.29, 1.82) is 0 Å². The molecule has 0 fully saturated rings. The zero-order valence-corrected chi connectivity index (χ0v) is 18.9. The molecule has 0 saturated heterocycles. The molecule has 26 heavy (non-hydrogen) atoms. The minimum absolute atomic E-state index is 0. The first-order valence-corrected chi connectivity index (χ1v) is 9.25. The summed E-state index contributed by atoms with van der Waals surface area (Å²) in [5.74, 6) is 2.45. The maximum atomic E-state index is 5.09. The van der Waals surface area contributed by atoms with E-state index >= 15 is 0 Å². The summed E-state index contributed by atoms with van der Waals surface area (Å²) < 4.78 is 7.03. The highest BCUT2D eigenvalue weighted by atomic mass is 127. The van der Waals surface area contributed by atoms with E-state index in [0.29, 0.717) is 13.1 Å². The van der Waals surface area contributed by atoms with Crippen molar-refractivity contribution in [1.82, 2.24) is 30.4 Å². The van der Waals surface area contributed by atoms with Crippen LogP contribution in [0.2, 0.25) is 0 Å². The Bertz CT molecular complexity index is 686. The van der Waals surface area contributed by atoms with E-state index in [1.165, 1.54) is 4.88 Å². The van der Waals surface area contributed by atoms with Gasteiger partial charge in [0, 0.05) is 38.4 Å². The molecule has 10 heteroatoms. The molecule has 0 aromatic carbocycles. The second-order valence-electron chi connectivity index (χ2n) is 5.59. The maximum Gasteiger partial charge on any atom is 0.192 e. The molecule has 2 aromatic rings. The molecule has 0 atom stereocenters. The molecule has 0 radical (unpaired) electrons. The predicted octanol–water partition coefficient (Wildman–Crippen LogP) is 2.03. The largest absolute Gasteiger partial charge is 0.385 e. The van der Waals surface area contributed by atoms with Gasteiger partial charge >= 0.3 is 0 Å². The van der Waals surface area contributed by atoms with Crippen LogP contribution < -0.4 is 10.6 Å². The third-order valence-corrected chi connectivity index (χ3v) is 4.88. The van der Waals surface area contributed by atoms with Crippen LogP contribution in [0.1, 0.15) is 34.9 Å². The molecule has 2 aromatic heterocycles. The molecule has 0 aliphatic carbocycles. The summed E-state index contributed by atoms with van der Waals surface area (Å²) in [6.45, 7) is 6.69. The number of guanidine groups is 1. The van der Waals surface area contributed by atoms with Gasteiger partial charge in [-0.05, 0) is 19.8 Å². The van der Waals surface area contributed by atoms with Crippen molar-refractivity contribution < 1.29 is 4.74 Å². The fourth-order valence-corrected chi connectivity index (χ4v) is 2.89. The van der Waals surface area contributed by atoms with Crippen molar-refractivity contribution in [3.05, 3.63) is 27.7 Å². The molecule has 0 bridgehead atoms. The number of nitrogens with zero attached hydrogens (tertiary/aromatic N) is 5. The molecule has 0 amide bonds. The number of hydrogen-bond donors (Lipinski definition) is 2. The third kappa shape index (κ3) is 7.16. The quantitative estimate of drug-likeness (QED) is 0.241. The van der Waals surface area contributed by atoms with Gasteiger partial charge in [0.15, 0.2) is 11.8 Å². The number of aryl methyl sites for hydroxylation is 2. The second kappa shape index (κ2) is 12.2. The minimum Gasteiger partial charge on any atom is -0.385 e. The number of nitrogens with one attached hydrogen (secondary N) is 2. The molecule has 146 valence electrons. The lowest BCUT2D eigenvalue weighted by atomic mass is 10.4. The number of rotatable bonds is 9. The van der Waals surface area contributed by atoms with Gasteiger partial charge in [-0.25, -0.2) is 9.98 Å². The Morgan fingerprint density at radius 2 is 2.15 bits per heavy atom. The van der Waals surface area contributed by atoms with Crippen molar-refractivity contribution >= 4 is 41.3 Å². The van der Waals surface area contributed by atoms with E-state index in [2.05, 4.69) is 37.7 Å². The maximum absolute atomic E-state index is 5.09. The Morgan fingerprint density at radius 3 is 2.77 bits per heavy atom. The third-order valence-electron chi connectivity index (χ3n) is 3.74. The van der Waals surface area contributed by atoms with Gasteiger partial charge in [0.25, 0.3) is 0 Å². The number of methoxy groups -OCH3 is 1. The summed E-state index contributed by atoms with van der Waals surface area (Å²) in [5, 5.41) is 15.9. The van der Waals surface area contributed by atoms with Gasteiger partial charge in [-0.2, -0.15) is 0 Å². The molecule has 2 heterocycles. The number of halogens is 1. The molecule has 0 saturated carbocycles. The first-order valence-electron chi connectivity index (χ1n) is 8.43. The highest BCUT2D eigenvalue weighted by Crippen LogP contribution is 2.12. The van der Waals surface area contributed by atoms with Gasteiger partial charge in [0.05, 0.1) is 6.54 Å². The van der Waals surface area contributed by atoms with Gasteiger partial charge in [0.2, 0.25) is 0 Å². The molecular formula is C16H28IN7OS. The Balaban J connectivity index is 0.00000338. The van der Waals surface area contributed by atoms with Crippen LogP contribution in [0.5, 0.6) is 0 Å². The Labute approximate surface area is 175 Å². The minimum atomic E-state index is 0. The van der Waals surface area contributed by atoms with Crippen molar-refractivity contribution in [3.8, 4) is 0 Å². The van der Waals surface area contributed by atoms with Gasteiger partial charge in [-0.3, -0.25) is 0 Å². The zero-order valence-electron chi connectivity index (χ0n) is 15.8. The number of thiazole rings is 1. The molecule has 2 N–H and O–H groups in total. The number of aliphatic imine (C=N–C) groups is 1. The zero-order chi connectivity index (χ0) is 18.1. The summed E-state index contributed by atoms with van der Waals surface area (Å²) >= 11 is 1.72. The van der Waals surface area contributed by atoms with E-state index < -0.39 is 0 Å². The highest BCUT2D eigenvalue weighted by molar-refractivity contribution is 14.0. The lowest BCUT2D eigenvalue weighted by molar-refractivity contribution is 0.195. The summed E-state index contributed by atoms with van der Waals surface area (Å²) in [5.41, 5.74) is 0. The predicted molar refractivity (Wildman–Crippen MR) is 115 cm³/mol. The van der Waals surface area contributed by atoms with Crippen LogP contribution in [-0.4, -0.2) is 46.0 Å². The van der Waals surface area contributed by atoms with Crippen molar-refractivity contribution in [2.75, 3.05) is 20.3 Å². The summed E-state index contributed by atoms with van der Waals surface area (Å²) in [6, 6.07) is 0. The van der Waals surface area contributed by atoms with Crippen molar-refractivity contribution in [2.24, 2.45) is 12.0 Å². The summed E-state index contributed by atoms with van der Waals surface area (Å²) in [6.07, 6.45) is 3.86. The van der Waals surface area contributed by atoms with E-state index in [9.17, 15) is 0 Å². The van der Waals surface area contributed by atoms with Gasteiger partial charge in [0.1, 0.15) is 17.4 Å². The van der Waals surface area contributed by atoms with Crippen LogP contribution in [0.25, 0.3) is 0 Å². The van der Waals surface area contributed by atoms with E-state index in [1.807, 2.05) is 24.7 Å². The number of ether oxygens (including phenoxy) is 1. The van der Waals surface area contributed by atoms with E-state index in [4.69, 9.17) is 4.74 Å². The molecule has 0 aliphatic rings. The first kappa shape index (κ1) is 22.8. The lowest BCUT2D eigenvalue weighted by Gasteiger charge is -2.11. The van der Waals surface area contributed by atoms with Crippen LogP contribution in [0.3, 0.4) is 0 Å². The van der Waals surface area contributed by atoms with Crippen molar-refractivity contribution in [3.63, 3.8) is 0 Å². The van der Waals surface area contributed by atoms with E-state index in [1.54, 1.807) is 18.4 Å². The van der Waals surface area contributed by atoms with Crippen LogP contribution in [0, 0.1) is 6.92 Å². The lowest BCUT2D eigenvalue weighted by Crippen LogP contribution is -2.37. The average molecular weight is 493 g/mol. The van der Waals surface area contributed by atoms with Crippen LogP contribution in [-0.2, 0) is 31.3 Å². The Hall–Kier alpha value is -1.27. The number of aromatic nitrogens is 4. The second-order valence-corrected chi connectivity index (χ2v) is 6.79. The van der Waals surface area contributed by atoms with Crippen LogP contribution in [0.4, 0.5) is 0 Å². The molecule has 0 aliphatic heterocycles. The molecule has 0 spiro atoms. The van der Waals surface area contributed by atoms with E-state index in [0.717, 1.165) is 48.6 Å². The van der Waals surface area contributed by atoms with Gasteiger partial charge < -0.3 is 19.9 Å². The molecule has 8 nitrogen and oxygen atoms in total. The first-order chi connectivity index (χ1) is 12.1. The summed E-state index contributed by atoms with van der Waals surface area (Å²) in [7, 11) is 3.65. The van der Waals surface area contributed by atoms with E-state index in [-0.39, 0.29) is 24.0 Å². The Morgan fingerprint density at radius 1 is 1.35 bits per heavy atom. The SMILES string of the molecule is CCc1cnc(CNC(=NCc2nnc(C)n2C)NCCCOC)s1.I. The molecular weight excluding hydrogens is 465 g/mol.